The van der Waals surface area contributed by atoms with Gasteiger partial charge in [0.25, 0.3) is 0 Å². The van der Waals surface area contributed by atoms with Gasteiger partial charge in [-0.25, -0.2) is 13.4 Å². The average molecular weight is 204 g/mol. The fraction of sp³-hybridized carbons (Fsp3) is 0.333. The molecular weight excluding hydrogens is 196 g/mol. The lowest BCUT2D eigenvalue weighted by Gasteiger charge is -1.90. The van der Waals surface area contributed by atoms with Gasteiger partial charge in [0.15, 0.2) is 0 Å². The number of hydrogen-bond donors (Lipinski definition) is 2. The highest BCUT2D eigenvalue weighted by Crippen LogP contribution is 2.04. The standard InChI is InChI=1S/C6H8N2O4S/c1-13(11,12)6-7-3-4(8-6)2-5(9)10/h3H,2H2,1H3,(H,7,8)(H,9,10). The van der Waals surface area contributed by atoms with E-state index in [0.717, 1.165) is 6.26 Å². The van der Waals surface area contributed by atoms with Gasteiger partial charge in [-0.3, -0.25) is 4.79 Å². The van der Waals surface area contributed by atoms with Gasteiger partial charge in [0.2, 0.25) is 15.0 Å². The van der Waals surface area contributed by atoms with Crippen LogP contribution < -0.4 is 0 Å². The molecule has 0 amide bonds. The van der Waals surface area contributed by atoms with E-state index >= 15 is 0 Å². The zero-order valence-electron chi connectivity index (χ0n) is 6.81. The smallest absolute Gasteiger partial charge is 0.309 e. The minimum absolute atomic E-state index is 0.205. The molecule has 1 rings (SSSR count). The van der Waals surface area contributed by atoms with Crippen LogP contribution in [-0.2, 0) is 21.1 Å². The zero-order valence-corrected chi connectivity index (χ0v) is 7.63. The van der Waals surface area contributed by atoms with Gasteiger partial charge < -0.3 is 10.1 Å². The summed E-state index contributed by atoms with van der Waals surface area (Å²) in [5.41, 5.74) is 0.271. The number of carboxylic acid groups (broad SMARTS) is 1. The van der Waals surface area contributed by atoms with Crippen LogP contribution in [0.1, 0.15) is 5.69 Å². The third-order valence-corrected chi connectivity index (χ3v) is 2.21. The van der Waals surface area contributed by atoms with Gasteiger partial charge in [-0.2, -0.15) is 0 Å². The van der Waals surface area contributed by atoms with Crippen LogP contribution in [0.4, 0.5) is 0 Å². The molecule has 1 aromatic heterocycles. The van der Waals surface area contributed by atoms with E-state index in [1.807, 2.05) is 0 Å². The second-order valence-corrected chi connectivity index (χ2v) is 4.49. The molecule has 0 saturated carbocycles. The normalized spacial score (nSPS) is 11.5. The van der Waals surface area contributed by atoms with Crippen LogP contribution in [0.15, 0.2) is 11.4 Å². The van der Waals surface area contributed by atoms with E-state index in [9.17, 15) is 13.2 Å². The van der Waals surface area contributed by atoms with Crippen molar-refractivity contribution >= 4 is 15.8 Å². The molecule has 13 heavy (non-hydrogen) atoms. The summed E-state index contributed by atoms with van der Waals surface area (Å²) >= 11 is 0. The van der Waals surface area contributed by atoms with E-state index in [1.54, 1.807) is 0 Å². The molecule has 0 bridgehead atoms. The highest BCUT2D eigenvalue weighted by Gasteiger charge is 2.12. The number of rotatable bonds is 3. The predicted octanol–water partition coefficient (Wildman–Crippen LogP) is -0.560. The minimum Gasteiger partial charge on any atom is -0.481 e. The van der Waals surface area contributed by atoms with Gasteiger partial charge in [0.05, 0.1) is 6.42 Å². The molecule has 0 radical (unpaired) electrons. The Kier molecular flexibility index (Phi) is 2.37. The molecule has 1 aromatic rings. The molecule has 6 nitrogen and oxygen atoms in total. The van der Waals surface area contributed by atoms with Crippen LogP contribution in [0, 0.1) is 0 Å². The Hall–Kier alpha value is -1.37. The molecule has 72 valence electrons. The summed E-state index contributed by atoms with van der Waals surface area (Å²) in [5, 5.41) is 8.18. The summed E-state index contributed by atoms with van der Waals surface area (Å²) in [6.45, 7) is 0. The lowest BCUT2D eigenvalue weighted by molar-refractivity contribution is -0.136. The summed E-state index contributed by atoms with van der Waals surface area (Å²) < 4.78 is 21.8. The molecule has 0 saturated heterocycles. The first-order valence-corrected chi connectivity index (χ1v) is 5.24. The molecule has 0 aliphatic carbocycles. The highest BCUT2D eigenvalue weighted by atomic mass is 32.2. The summed E-state index contributed by atoms with van der Waals surface area (Å²) in [7, 11) is -3.38. The number of imidazole rings is 1. The average Bonchev–Trinajstić information content (AvgIpc) is 2.32. The molecule has 0 aliphatic heterocycles. The predicted molar refractivity (Wildman–Crippen MR) is 43.0 cm³/mol. The van der Waals surface area contributed by atoms with Crippen molar-refractivity contribution in [3.63, 3.8) is 0 Å². The van der Waals surface area contributed by atoms with Crippen LogP contribution in [-0.4, -0.2) is 35.7 Å². The van der Waals surface area contributed by atoms with Crippen LogP contribution in [0.5, 0.6) is 0 Å². The van der Waals surface area contributed by atoms with Crippen LogP contribution in [0.3, 0.4) is 0 Å². The maximum atomic E-state index is 10.9. The van der Waals surface area contributed by atoms with E-state index in [4.69, 9.17) is 5.11 Å². The summed E-state index contributed by atoms with van der Waals surface area (Å²) in [5.74, 6) is -1.04. The first-order chi connectivity index (χ1) is 5.89. The van der Waals surface area contributed by atoms with Crippen molar-refractivity contribution in [2.75, 3.05) is 6.26 Å². The molecule has 7 heteroatoms. The Morgan fingerprint density at radius 2 is 2.31 bits per heavy atom. The molecule has 0 aromatic carbocycles. The number of H-pyrrole nitrogens is 1. The van der Waals surface area contributed by atoms with Crippen molar-refractivity contribution in [1.82, 2.24) is 9.97 Å². The van der Waals surface area contributed by atoms with Crippen molar-refractivity contribution in [3.8, 4) is 0 Å². The van der Waals surface area contributed by atoms with Gasteiger partial charge in [0, 0.05) is 18.1 Å². The Morgan fingerprint density at radius 1 is 1.69 bits per heavy atom. The number of carbonyl (C=O) groups is 1. The van der Waals surface area contributed by atoms with E-state index in [0.29, 0.717) is 0 Å². The number of hydrogen-bond acceptors (Lipinski definition) is 4. The van der Waals surface area contributed by atoms with Gasteiger partial charge >= 0.3 is 5.97 Å². The Morgan fingerprint density at radius 3 is 2.69 bits per heavy atom. The number of nitrogens with one attached hydrogen (secondary N) is 1. The molecule has 0 fully saturated rings. The SMILES string of the molecule is CS(=O)(=O)c1ncc(CC(=O)O)[nH]1. The lowest BCUT2D eigenvalue weighted by Crippen LogP contribution is -2.02. The minimum atomic E-state index is -3.38. The maximum absolute atomic E-state index is 10.9. The molecular formula is C6H8N2O4S. The number of aliphatic carboxylic acids is 1. The number of nitrogens with zero attached hydrogens (tertiary/aromatic N) is 1. The largest absolute Gasteiger partial charge is 0.481 e. The maximum Gasteiger partial charge on any atom is 0.309 e. The van der Waals surface area contributed by atoms with Gasteiger partial charge in [-0.1, -0.05) is 0 Å². The van der Waals surface area contributed by atoms with Crippen LogP contribution in [0.2, 0.25) is 0 Å². The quantitative estimate of drug-likeness (QED) is 0.687. The summed E-state index contributed by atoms with van der Waals surface area (Å²) in [6.07, 6.45) is 1.93. The fourth-order valence-corrected chi connectivity index (χ4v) is 1.34. The van der Waals surface area contributed by atoms with Crippen LogP contribution in [0.25, 0.3) is 0 Å². The number of sulfone groups is 1. The molecule has 2 N–H and O–H groups in total. The fourth-order valence-electron chi connectivity index (χ4n) is 0.780. The first kappa shape index (κ1) is 9.72. The second kappa shape index (κ2) is 3.17. The van der Waals surface area contributed by atoms with Crippen molar-refractivity contribution in [1.29, 1.82) is 0 Å². The van der Waals surface area contributed by atoms with Gasteiger partial charge in [0.1, 0.15) is 0 Å². The molecule has 0 atom stereocenters. The van der Waals surface area contributed by atoms with E-state index in [1.165, 1.54) is 6.20 Å². The van der Waals surface area contributed by atoms with Crippen molar-refractivity contribution in [2.45, 2.75) is 11.6 Å². The summed E-state index contributed by atoms with van der Waals surface area (Å²) in [6, 6.07) is 0. The summed E-state index contributed by atoms with van der Waals surface area (Å²) in [4.78, 5) is 16.2. The van der Waals surface area contributed by atoms with Crippen molar-refractivity contribution in [3.05, 3.63) is 11.9 Å². The molecule has 0 unspecified atom stereocenters. The molecule has 1 heterocycles. The molecule has 0 spiro atoms. The second-order valence-electron chi connectivity index (χ2n) is 2.56. The van der Waals surface area contributed by atoms with E-state index in [2.05, 4.69) is 9.97 Å². The van der Waals surface area contributed by atoms with Gasteiger partial charge in [-0.15, -0.1) is 0 Å². The zero-order chi connectivity index (χ0) is 10.1. The monoisotopic (exact) mass is 204 g/mol. The highest BCUT2D eigenvalue weighted by molar-refractivity contribution is 7.90. The van der Waals surface area contributed by atoms with Crippen molar-refractivity contribution < 1.29 is 18.3 Å². The lowest BCUT2D eigenvalue weighted by atomic mass is 10.3. The van der Waals surface area contributed by atoms with Crippen molar-refractivity contribution in [2.24, 2.45) is 0 Å². The van der Waals surface area contributed by atoms with E-state index in [-0.39, 0.29) is 17.3 Å². The Bertz CT molecular complexity index is 420. The third kappa shape index (κ3) is 2.55. The molecule has 0 aliphatic rings. The Balaban J connectivity index is 2.94. The number of aromatic amines is 1. The van der Waals surface area contributed by atoms with Crippen LogP contribution >= 0.6 is 0 Å². The number of carboxylic acids is 1. The first-order valence-electron chi connectivity index (χ1n) is 3.35. The third-order valence-electron chi connectivity index (χ3n) is 1.30. The topological polar surface area (TPSA) is 100 Å². The van der Waals surface area contributed by atoms with E-state index < -0.39 is 15.8 Å². The Labute approximate surface area is 74.5 Å². The van der Waals surface area contributed by atoms with Gasteiger partial charge in [-0.05, 0) is 0 Å². The number of aromatic nitrogens is 2.